The van der Waals surface area contributed by atoms with Gasteiger partial charge in [0.05, 0.1) is 0 Å². The summed E-state index contributed by atoms with van der Waals surface area (Å²) in [6.45, 7) is 0.806. The molecule has 0 aromatic heterocycles. The standard InChI is InChI=1S/C10H22O4/c1-11-9-7-5-6-8-10(12-2,13-3)14-4/h5-9H2,1-4H3. The molecular weight excluding hydrogens is 184 g/mol. The van der Waals surface area contributed by atoms with E-state index in [2.05, 4.69) is 0 Å². The molecule has 0 saturated heterocycles. The molecule has 0 saturated carbocycles. The van der Waals surface area contributed by atoms with Crippen LogP contribution in [0.15, 0.2) is 0 Å². The van der Waals surface area contributed by atoms with Crippen LogP contribution >= 0.6 is 0 Å². The zero-order valence-electron chi connectivity index (χ0n) is 9.67. The summed E-state index contributed by atoms with van der Waals surface area (Å²) in [6.07, 6.45) is 3.88. The quantitative estimate of drug-likeness (QED) is 0.425. The minimum Gasteiger partial charge on any atom is -0.385 e. The Labute approximate surface area is 86.5 Å². The Balaban J connectivity index is 3.61. The molecule has 0 heterocycles. The molecule has 0 unspecified atom stereocenters. The zero-order valence-corrected chi connectivity index (χ0v) is 9.67. The van der Waals surface area contributed by atoms with Gasteiger partial charge in [-0.15, -0.1) is 0 Å². The van der Waals surface area contributed by atoms with Crippen molar-refractivity contribution in [3.63, 3.8) is 0 Å². The van der Waals surface area contributed by atoms with Crippen LogP contribution in [0.25, 0.3) is 0 Å². The topological polar surface area (TPSA) is 36.9 Å². The first-order valence-corrected chi connectivity index (χ1v) is 4.89. The number of hydrogen-bond acceptors (Lipinski definition) is 4. The Morgan fingerprint density at radius 3 is 1.79 bits per heavy atom. The number of hydrogen-bond donors (Lipinski definition) is 0. The summed E-state index contributed by atoms with van der Waals surface area (Å²) in [6, 6.07) is 0. The third kappa shape index (κ3) is 4.91. The fourth-order valence-corrected chi connectivity index (χ4v) is 1.32. The summed E-state index contributed by atoms with van der Waals surface area (Å²) in [5, 5.41) is 0. The van der Waals surface area contributed by atoms with E-state index < -0.39 is 5.97 Å². The van der Waals surface area contributed by atoms with Crippen LogP contribution in [-0.2, 0) is 18.9 Å². The van der Waals surface area contributed by atoms with E-state index in [-0.39, 0.29) is 0 Å². The van der Waals surface area contributed by atoms with Gasteiger partial charge < -0.3 is 18.9 Å². The van der Waals surface area contributed by atoms with Crippen molar-refractivity contribution in [1.82, 2.24) is 0 Å². The molecule has 0 aromatic rings. The van der Waals surface area contributed by atoms with Gasteiger partial charge in [0.25, 0.3) is 5.97 Å². The van der Waals surface area contributed by atoms with E-state index in [1.165, 1.54) is 0 Å². The second-order valence-corrected chi connectivity index (χ2v) is 3.10. The van der Waals surface area contributed by atoms with E-state index in [1.54, 1.807) is 28.4 Å². The minimum absolute atomic E-state index is 0.736. The molecule has 0 bridgehead atoms. The van der Waals surface area contributed by atoms with E-state index in [9.17, 15) is 0 Å². The first-order valence-electron chi connectivity index (χ1n) is 4.89. The van der Waals surface area contributed by atoms with Crippen molar-refractivity contribution < 1.29 is 18.9 Å². The Kier molecular flexibility index (Phi) is 8.08. The van der Waals surface area contributed by atoms with Gasteiger partial charge in [-0.1, -0.05) is 6.42 Å². The zero-order chi connectivity index (χ0) is 10.9. The summed E-state index contributed by atoms with van der Waals surface area (Å²) in [7, 11) is 6.47. The van der Waals surface area contributed by atoms with Crippen molar-refractivity contribution in [3.05, 3.63) is 0 Å². The fraction of sp³-hybridized carbons (Fsp3) is 1.00. The largest absolute Gasteiger partial charge is 0.385 e. The van der Waals surface area contributed by atoms with Gasteiger partial charge in [0.15, 0.2) is 0 Å². The maximum atomic E-state index is 5.17. The molecule has 0 aliphatic heterocycles. The third-order valence-corrected chi connectivity index (χ3v) is 2.26. The normalized spacial score (nSPS) is 12.0. The van der Waals surface area contributed by atoms with Gasteiger partial charge in [-0.3, -0.25) is 0 Å². The molecular formula is C10H22O4. The van der Waals surface area contributed by atoms with Crippen LogP contribution < -0.4 is 0 Å². The van der Waals surface area contributed by atoms with Crippen molar-refractivity contribution in [2.45, 2.75) is 31.7 Å². The fourth-order valence-electron chi connectivity index (χ4n) is 1.32. The van der Waals surface area contributed by atoms with Gasteiger partial charge >= 0.3 is 0 Å². The first-order chi connectivity index (χ1) is 6.74. The second-order valence-electron chi connectivity index (χ2n) is 3.10. The number of methoxy groups -OCH3 is 4. The summed E-state index contributed by atoms with van der Waals surface area (Å²) in [5.74, 6) is -0.868. The predicted molar refractivity (Wildman–Crippen MR) is 54.1 cm³/mol. The molecule has 0 rings (SSSR count). The van der Waals surface area contributed by atoms with E-state index in [0.717, 1.165) is 32.3 Å². The Morgan fingerprint density at radius 2 is 1.36 bits per heavy atom. The number of ether oxygens (including phenoxy) is 4. The Bertz CT molecular complexity index is 115. The molecule has 0 spiro atoms. The van der Waals surface area contributed by atoms with Crippen LogP contribution in [0.3, 0.4) is 0 Å². The SMILES string of the molecule is COCCCCCC(OC)(OC)OC. The van der Waals surface area contributed by atoms with Crippen molar-refractivity contribution in [2.24, 2.45) is 0 Å². The van der Waals surface area contributed by atoms with Crippen molar-refractivity contribution in [1.29, 1.82) is 0 Å². The lowest BCUT2D eigenvalue weighted by molar-refractivity contribution is -0.355. The van der Waals surface area contributed by atoms with Crippen molar-refractivity contribution >= 4 is 0 Å². The first kappa shape index (κ1) is 13.8. The molecule has 0 aliphatic rings. The van der Waals surface area contributed by atoms with Crippen LogP contribution in [-0.4, -0.2) is 41.0 Å². The van der Waals surface area contributed by atoms with E-state index in [0.29, 0.717) is 0 Å². The van der Waals surface area contributed by atoms with Crippen molar-refractivity contribution in [3.8, 4) is 0 Å². The summed E-state index contributed by atoms with van der Waals surface area (Å²) in [4.78, 5) is 0. The lowest BCUT2D eigenvalue weighted by Crippen LogP contribution is -2.35. The van der Waals surface area contributed by atoms with Crippen LogP contribution in [0.1, 0.15) is 25.7 Å². The third-order valence-electron chi connectivity index (χ3n) is 2.26. The van der Waals surface area contributed by atoms with Gasteiger partial charge in [0.2, 0.25) is 0 Å². The highest BCUT2D eigenvalue weighted by molar-refractivity contribution is 4.56. The van der Waals surface area contributed by atoms with Gasteiger partial charge in [-0.25, -0.2) is 0 Å². The second kappa shape index (κ2) is 8.17. The molecule has 0 radical (unpaired) electrons. The maximum absolute atomic E-state index is 5.17. The summed E-state index contributed by atoms with van der Waals surface area (Å²) in [5.41, 5.74) is 0. The Morgan fingerprint density at radius 1 is 0.786 bits per heavy atom. The maximum Gasteiger partial charge on any atom is 0.282 e. The average molecular weight is 206 g/mol. The molecule has 14 heavy (non-hydrogen) atoms. The number of rotatable bonds is 9. The molecule has 0 atom stereocenters. The highest BCUT2D eigenvalue weighted by Gasteiger charge is 2.28. The summed E-state index contributed by atoms with van der Waals surface area (Å²) >= 11 is 0. The molecule has 0 aliphatic carbocycles. The molecule has 0 amide bonds. The van der Waals surface area contributed by atoms with E-state index in [4.69, 9.17) is 18.9 Å². The van der Waals surface area contributed by atoms with Gasteiger partial charge in [0, 0.05) is 41.5 Å². The van der Waals surface area contributed by atoms with Gasteiger partial charge in [-0.2, -0.15) is 0 Å². The lowest BCUT2D eigenvalue weighted by atomic mass is 10.2. The molecule has 0 fully saturated rings. The van der Waals surface area contributed by atoms with Crippen LogP contribution in [0.2, 0.25) is 0 Å². The molecule has 4 heteroatoms. The Hall–Kier alpha value is -0.160. The molecule has 0 aromatic carbocycles. The highest BCUT2D eigenvalue weighted by atomic mass is 16.9. The van der Waals surface area contributed by atoms with Crippen molar-refractivity contribution in [2.75, 3.05) is 35.0 Å². The highest BCUT2D eigenvalue weighted by Crippen LogP contribution is 2.20. The molecule has 4 nitrogen and oxygen atoms in total. The number of unbranched alkanes of at least 4 members (excludes halogenated alkanes) is 2. The van der Waals surface area contributed by atoms with Gasteiger partial charge in [0.1, 0.15) is 0 Å². The monoisotopic (exact) mass is 206 g/mol. The van der Waals surface area contributed by atoms with Crippen LogP contribution in [0.4, 0.5) is 0 Å². The minimum atomic E-state index is -0.868. The van der Waals surface area contributed by atoms with E-state index in [1.807, 2.05) is 0 Å². The van der Waals surface area contributed by atoms with E-state index >= 15 is 0 Å². The predicted octanol–water partition coefficient (Wildman–Crippen LogP) is 1.79. The van der Waals surface area contributed by atoms with Gasteiger partial charge in [-0.05, 0) is 12.8 Å². The van der Waals surface area contributed by atoms with Crippen LogP contribution in [0, 0.1) is 0 Å². The molecule has 86 valence electrons. The lowest BCUT2D eigenvalue weighted by Gasteiger charge is -2.28. The smallest absolute Gasteiger partial charge is 0.282 e. The van der Waals surface area contributed by atoms with Crippen LogP contribution in [0.5, 0.6) is 0 Å². The molecule has 0 N–H and O–H groups in total. The average Bonchev–Trinajstić information content (AvgIpc) is 2.24. The summed E-state index contributed by atoms with van der Waals surface area (Å²) < 4.78 is 20.5.